The molecule has 0 spiro atoms. The lowest BCUT2D eigenvalue weighted by molar-refractivity contribution is -0.181. The summed E-state index contributed by atoms with van der Waals surface area (Å²) in [4.78, 5) is 11.0. The van der Waals surface area contributed by atoms with Gasteiger partial charge in [-0.15, -0.1) is 12.4 Å². The number of nitrogens with one attached hydrogen (secondary N) is 1. The number of alkyl halides is 3. The second-order valence-electron chi connectivity index (χ2n) is 3.30. The molecule has 1 N–H and O–H groups in total. The molecule has 0 bridgehead atoms. The highest BCUT2D eigenvalue weighted by Crippen LogP contribution is 2.31. The fourth-order valence-electron chi connectivity index (χ4n) is 1.48. The lowest BCUT2D eigenvalue weighted by Crippen LogP contribution is -2.48. The van der Waals surface area contributed by atoms with Crippen LogP contribution in [0.3, 0.4) is 0 Å². The lowest BCUT2D eigenvalue weighted by Gasteiger charge is -2.29. The third kappa shape index (κ3) is 3.87. The van der Waals surface area contributed by atoms with Crippen LogP contribution in [0.15, 0.2) is 0 Å². The average molecular weight is 248 g/mol. The molecule has 0 aromatic rings. The number of methoxy groups -OCH3 is 1. The molecule has 2 atom stereocenters. The van der Waals surface area contributed by atoms with Crippen LogP contribution in [-0.2, 0) is 9.53 Å². The third-order valence-corrected chi connectivity index (χ3v) is 2.36. The maximum Gasteiger partial charge on any atom is 0.393 e. The Bertz CT molecular complexity index is 214. The van der Waals surface area contributed by atoms with E-state index in [1.165, 1.54) is 7.11 Å². The lowest BCUT2D eigenvalue weighted by atomic mass is 9.94. The van der Waals surface area contributed by atoms with E-state index in [4.69, 9.17) is 0 Å². The number of rotatable bonds is 1. The largest absolute Gasteiger partial charge is 0.468 e. The minimum Gasteiger partial charge on any atom is -0.468 e. The zero-order valence-electron chi connectivity index (χ0n) is 8.13. The van der Waals surface area contributed by atoms with E-state index in [1.807, 2.05) is 0 Å². The van der Waals surface area contributed by atoms with Gasteiger partial charge in [0.1, 0.15) is 6.04 Å². The summed E-state index contributed by atoms with van der Waals surface area (Å²) < 4.78 is 41.0. The smallest absolute Gasteiger partial charge is 0.393 e. The molecule has 90 valence electrons. The van der Waals surface area contributed by atoms with Gasteiger partial charge in [-0.2, -0.15) is 13.2 Å². The molecular weight excluding hydrogens is 235 g/mol. The molecule has 3 nitrogen and oxygen atoms in total. The zero-order valence-corrected chi connectivity index (χ0v) is 8.95. The first-order valence-electron chi connectivity index (χ1n) is 4.33. The van der Waals surface area contributed by atoms with Crippen LogP contribution in [0.5, 0.6) is 0 Å². The Labute approximate surface area is 91.8 Å². The number of carbonyl (C=O) groups excluding carboxylic acids is 1. The third-order valence-electron chi connectivity index (χ3n) is 2.36. The van der Waals surface area contributed by atoms with Gasteiger partial charge in [0.25, 0.3) is 0 Å². The molecule has 1 aliphatic heterocycles. The number of hydrogen-bond acceptors (Lipinski definition) is 3. The summed E-state index contributed by atoms with van der Waals surface area (Å²) in [5.41, 5.74) is 0. The number of carbonyl (C=O) groups is 1. The van der Waals surface area contributed by atoms with Gasteiger partial charge >= 0.3 is 12.1 Å². The van der Waals surface area contributed by atoms with Crippen LogP contribution in [0.25, 0.3) is 0 Å². The van der Waals surface area contributed by atoms with Gasteiger partial charge in [0.05, 0.1) is 13.0 Å². The number of halogens is 4. The first kappa shape index (κ1) is 14.5. The quantitative estimate of drug-likeness (QED) is 0.714. The Morgan fingerprint density at radius 2 is 2.00 bits per heavy atom. The maximum atomic E-state index is 12.2. The fraction of sp³-hybridized carbons (Fsp3) is 0.875. The predicted molar refractivity (Wildman–Crippen MR) is 49.8 cm³/mol. The standard InChI is InChI=1S/C8H12F3NO2.ClH/c1-14-7(13)6-3-2-5(4-12-6)8(9,10)11;/h5-6,12H,2-4H2,1H3;1H. The van der Waals surface area contributed by atoms with Gasteiger partial charge in [-0.25, -0.2) is 0 Å². The van der Waals surface area contributed by atoms with Crippen molar-refractivity contribution in [2.75, 3.05) is 13.7 Å². The van der Waals surface area contributed by atoms with E-state index in [2.05, 4.69) is 10.1 Å². The summed E-state index contributed by atoms with van der Waals surface area (Å²) in [6.07, 6.45) is -4.01. The molecule has 1 aliphatic rings. The molecule has 1 fully saturated rings. The van der Waals surface area contributed by atoms with Crippen molar-refractivity contribution in [1.82, 2.24) is 5.32 Å². The van der Waals surface area contributed by atoms with Crippen LogP contribution in [-0.4, -0.2) is 31.8 Å². The molecule has 0 aromatic carbocycles. The van der Waals surface area contributed by atoms with Crippen LogP contribution in [0.2, 0.25) is 0 Å². The highest BCUT2D eigenvalue weighted by Gasteiger charge is 2.42. The molecule has 15 heavy (non-hydrogen) atoms. The molecule has 7 heteroatoms. The molecule has 0 aromatic heterocycles. The highest BCUT2D eigenvalue weighted by molar-refractivity contribution is 5.85. The summed E-state index contributed by atoms with van der Waals surface area (Å²) in [5, 5.41) is 2.53. The van der Waals surface area contributed by atoms with E-state index in [0.717, 1.165) is 0 Å². The number of piperidine rings is 1. The summed E-state index contributed by atoms with van der Waals surface area (Å²) in [6.45, 7) is -0.205. The minimum absolute atomic E-state index is 0. The van der Waals surface area contributed by atoms with E-state index < -0.39 is 24.1 Å². The summed E-state index contributed by atoms with van der Waals surface area (Å²) in [5.74, 6) is -1.84. The monoisotopic (exact) mass is 247 g/mol. The van der Waals surface area contributed by atoms with Crippen molar-refractivity contribution in [3.63, 3.8) is 0 Å². The summed E-state index contributed by atoms with van der Waals surface area (Å²) in [7, 11) is 1.22. The Hall–Kier alpha value is -0.490. The first-order chi connectivity index (χ1) is 6.45. The van der Waals surface area contributed by atoms with Crippen molar-refractivity contribution >= 4 is 18.4 Å². The van der Waals surface area contributed by atoms with Crippen molar-refractivity contribution in [1.29, 1.82) is 0 Å². The molecular formula is C8H13ClF3NO2. The Morgan fingerprint density at radius 3 is 2.33 bits per heavy atom. The van der Waals surface area contributed by atoms with Gasteiger partial charge in [0, 0.05) is 6.54 Å². The van der Waals surface area contributed by atoms with Crippen molar-refractivity contribution in [2.24, 2.45) is 5.92 Å². The van der Waals surface area contributed by atoms with Crippen molar-refractivity contribution in [3.05, 3.63) is 0 Å². The fourth-order valence-corrected chi connectivity index (χ4v) is 1.48. The van der Waals surface area contributed by atoms with Crippen LogP contribution in [0.4, 0.5) is 13.2 Å². The molecule has 1 saturated heterocycles. The van der Waals surface area contributed by atoms with Gasteiger partial charge < -0.3 is 10.1 Å². The molecule has 0 saturated carbocycles. The van der Waals surface area contributed by atoms with E-state index in [1.54, 1.807) is 0 Å². The molecule has 0 radical (unpaired) electrons. The molecule has 1 rings (SSSR count). The molecule has 2 unspecified atom stereocenters. The van der Waals surface area contributed by atoms with Crippen LogP contribution in [0, 0.1) is 5.92 Å². The SMILES string of the molecule is COC(=O)C1CCC(C(F)(F)F)CN1.Cl. The van der Waals surface area contributed by atoms with E-state index >= 15 is 0 Å². The van der Waals surface area contributed by atoms with E-state index in [-0.39, 0.29) is 31.8 Å². The van der Waals surface area contributed by atoms with E-state index in [0.29, 0.717) is 0 Å². The predicted octanol–water partition coefficient (Wildman–Crippen LogP) is 1.51. The van der Waals surface area contributed by atoms with Gasteiger partial charge in [-0.1, -0.05) is 0 Å². The Morgan fingerprint density at radius 1 is 1.40 bits per heavy atom. The minimum atomic E-state index is -4.17. The van der Waals surface area contributed by atoms with Gasteiger partial charge in [-0.3, -0.25) is 4.79 Å². The van der Waals surface area contributed by atoms with Crippen LogP contribution in [0.1, 0.15) is 12.8 Å². The molecule has 1 heterocycles. The average Bonchev–Trinajstić information content (AvgIpc) is 2.15. The van der Waals surface area contributed by atoms with Crippen LogP contribution < -0.4 is 5.32 Å². The second-order valence-corrected chi connectivity index (χ2v) is 3.30. The normalized spacial score (nSPS) is 26.7. The van der Waals surface area contributed by atoms with Gasteiger partial charge in [0.2, 0.25) is 0 Å². The van der Waals surface area contributed by atoms with Crippen molar-refractivity contribution in [3.8, 4) is 0 Å². The molecule has 0 aliphatic carbocycles. The Balaban J connectivity index is 0.00000196. The topological polar surface area (TPSA) is 38.3 Å². The van der Waals surface area contributed by atoms with E-state index in [9.17, 15) is 18.0 Å². The van der Waals surface area contributed by atoms with Crippen LogP contribution >= 0.6 is 12.4 Å². The second kappa shape index (κ2) is 5.55. The summed E-state index contributed by atoms with van der Waals surface area (Å²) in [6, 6.07) is -0.585. The van der Waals surface area contributed by atoms with Crippen molar-refractivity contribution < 1.29 is 22.7 Å². The van der Waals surface area contributed by atoms with Gasteiger partial charge in [0.15, 0.2) is 0 Å². The first-order valence-corrected chi connectivity index (χ1v) is 4.33. The maximum absolute atomic E-state index is 12.2. The van der Waals surface area contributed by atoms with Gasteiger partial charge in [-0.05, 0) is 12.8 Å². The molecule has 0 amide bonds. The Kier molecular flexibility index (Phi) is 5.37. The van der Waals surface area contributed by atoms with Crippen molar-refractivity contribution in [2.45, 2.75) is 25.1 Å². The number of hydrogen-bond donors (Lipinski definition) is 1. The zero-order chi connectivity index (χ0) is 10.8. The number of esters is 1. The summed E-state index contributed by atoms with van der Waals surface area (Å²) >= 11 is 0. The highest BCUT2D eigenvalue weighted by atomic mass is 35.5. The number of ether oxygens (including phenoxy) is 1.